The zero-order valence-electron chi connectivity index (χ0n) is 11.7. The number of hydrogen-bond donors (Lipinski definition) is 2. The van der Waals surface area contributed by atoms with Gasteiger partial charge in [-0.15, -0.1) is 0 Å². The van der Waals surface area contributed by atoms with E-state index in [0.29, 0.717) is 0 Å². The Balaban J connectivity index is 3.17. The molecule has 0 saturated heterocycles. The maximum atomic E-state index is 12.2. The lowest BCUT2D eigenvalue weighted by atomic mass is 9.89. The van der Waals surface area contributed by atoms with Gasteiger partial charge in [0.2, 0.25) is 10.0 Å². The molecule has 112 valence electrons. The van der Waals surface area contributed by atoms with Crippen LogP contribution in [0.4, 0.5) is 5.69 Å². The minimum Gasteiger partial charge on any atom is -0.502 e. The van der Waals surface area contributed by atoms with E-state index in [1.165, 1.54) is 0 Å². The van der Waals surface area contributed by atoms with Crippen molar-refractivity contribution in [3.63, 3.8) is 0 Å². The van der Waals surface area contributed by atoms with Crippen LogP contribution in [-0.4, -0.2) is 24.5 Å². The summed E-state index contributed by atoms with van der Waals surface area (Å²) >= 11 is 0. The van der Waals surface area contributed by atoms with Crippen molar-refractivity contribution < 1.29 is 18.4 Å². The van der Waals surface area contributed by atoms with Gasteiger partial charge in [0.1, 0.15) is 0 Å². The predicted molar refractivity (Wildman–Crippen MR) is 74.0 cm³/mol. The normalized spacial score (nSPS) is 14.0. The number of nitrogens with zero attached hydrogens (tertiary/aromatic N) is 1. The summed E-state index contributed by atoms with van der Waals surface area (Å²) in [6, 6.07) is 2.60. The van der Waals surface area contributed by atoms with Gasteiger partial charge in [-0.3, -0.25) is 10.1 Å². The van der Waals surface area contributed by atoms with Crippen LogP contribution in [0.2, 0.25) is 0 Å². The van der Waals surface area contributed by atoms with E-state index in [4.69, 9.17) is 0 Å². The highest BCUT2D eigenvalue weighted by atomic mass is 32.2. The standard InChI is InChI=1S/C12H18N2O5S/c1-8(12(2,3)4)13-20(18,19)9-5-6-11(15)10(7-9)14(16)17/h5-8,13,15H,1-4H3. The van der Waals surface area contributed by atoms with Crippen molar-refractivity contribution >= 4 is 15.7 Å². The van der Waals surface area contributed by atoms with E-state index >= 15 is 0 Å². The smallest absolute Gasteiger partial charge is 0.312 e. The topological polar surface area (TPSA) is 110 Å². The lowest BCUT2D eigenvalue weighted by Crippen LogP contribution is -2.41. The molecule has 1 rings (SSSR count). The van der Waals surface area contributed by atoms with Gasteiger partial charge in [-0.05, 0) is 24.5 Å². The second kappa shape index (κ2) is 5.37. The molecule has 8 heteroatoms. The summed E-state index contributed by atoms with van der Waals surface area (Å²) in [5, 5.41) is 20.0. The molecule has 20 heavy (non-hydrogen) atoms. The monoisotopic (exact) mass is 302 g/mol. The summed E-state index contributed by atoms with van der Waals surface area (Å²) in [5.74, 6) is -0.571. The number of sulfonamides is 1. The summed E-state index contributed by atoms with van der Waals surface area (Å²) in [6.07, 6.45) is 0. The van der Waals surface area contributed by atoms with Crippen LogP contribution in [0.25, 0.3) is 0 Å². The summed E-state index contributed by atoms with van der Waals surface area (Å²) in [6.45, 7) is 7.34. The number of nitrogens with one attached hydrogen (secondary N) is 1. The molecular formula is C12H18N2O5S. The van der Waals surface area contributed by atoms with E-state index in [0.717, 1.165) is 18.2 Å². The second-order valence-electron chi connectivity index (χ2n) is 5.62. The van der Waals surface area contributed by atoms with Gasteiger partial charge >= 0.3 is 5.69 Å². The Hall–Kier alpha value is -1.67. The molecule has 1 aromatic carbocycles. The van der Waals surface area contributed by atoms with Crippen molar-refractivity contribution in [1.29, 1.82) is 0 Å². The van der Waals surface area contributed by atoms with Gasteiger partial charge in [-0.1, -0.05) is 20.8 Å². The number of phenols is 1. The Morgan fingerprint density at radius 1 is 1.35 bits per heavy atom. The molecule has 0 aliphatic carbocycles. The lowest BCUT2D eigenvalue weighted by molar-refractivity contribution is -0.386. The van der Waals surface area contributed by atoms with Crippen LogP contribution in [0.15, 0.2) is 23.1 Å². The summed E-state index contributed by atoms with van der Waals surface area (Å²) < 4.78 is 26.8. The third-order valence-corrected chi connectivity index (χ3v) is 4.62. The van der Waals surface area contributed by atoms with Gasteiger partial charge < -0.3 is 5.11 Å². The summed E-state index contributed by atoms with van der Waals surface area (Å²) in [5.41, 5.74) is -0.938. The van der Waals surface area contributed by atoms with Gasteiger partial charge in [-0.2, -0.15) is 0 Å². The van der Waals surface area contributed by atoms with Crippen molar-refractivity contribution in [2.24, 2.45) is 5.41 Å². The molecule has 0 spiro atoms. The molecule has 0 aliphatic rings. The summed E-state index contributed by atoms with van der Waals surface area (Å²) in [7, 11) is -3.88. The van der Waals surface area contributed by atoms with Crippen LogP contribution in [0.3, 0.4) is 0 Å². The van der Waals surface area contributed by atoms with Crippen molar-refractivity contribution in [3.05, 3.63) is 28.3 Å². The van der Waals surface area contributed by atoms with E-state index in [2.05, 4.69) is 4.72 Å². The number of benzene rings is 1. The van der Waals surface area contributed by atoms with Gasteiger partial charge in [0.25, 0.3) is 0 Å². The molecule has 0 bridgehead atoms. The van der Waals surface area contributed by atoms with E-state index in [-0.39, 0.29) is 16.4 Å². The van der Waals surface area contributed by atoms with E-state index in [9.17, 15) is 23.6 Å². The zero-order chi connectivity index (χ0) is 15.7. The fourth-order valence-electron chi connectivity index (χ4n) is 1.29. The first kappa shape index (κ1) is 16.4. The van der Waals surface area contributed by atoms with E-state index in [1.54, 1.807) is 6.92 Å². The minimum atomic E-state index is -3.88. The highest BCUT2D eigenvalue weighted by Gasteiger charge is 2.27. The number of nitro groups is 1. The predicted octanol–water partition coefficient (Wildman–Crippen LogP) is 2.01. The average molecular weight is 302 g/mol. The fraction of sp³-hybridized carbons (Fsp3) is 0.500. The number of rotatable bonds is 4. The maximum absolute atomic E-state index is 12.2. The Morgan fingerprint density at radius 3 is 2.35 bits per heavy atom. The molecular weight excluding hydrogens is 284 g/mol. The van der Waals surface area contributed by atoms with Crippen molar-refractivity contribution in [2.75, 3.05) is 0 Å². The van der Waals surface area contributed by atoms with Crippen molar-refractivity contribution in [1.82, 2.24) is 4.72 Å². The molecule has 1 atom stereocenters. The second-order valence-corrected chi connectivity index (χ2v) is 7.33. The minimum absolute atomic E-state index is 0.252. The fourth-order valence-corrected chi connectivity index (χ4v) is 2.76. The molecule has 1 unspecified atom stereocenters. The molecule has 1 aromatic rings. The van der Waals surface area contributed by atoms with Gasteiger partial charge in [0, 0.05) is 12.1 Å². The first-order chi connectivity index (χ1) is 8.95. The van der Waals surface area contributed by atoms with E-state index in [1.807, 2.05) is 20.8 Å². The van der Waals surface area contributed by atoms with Crippen LogP contribution in [0, 0.1) is 15.5 Å². The molecule has 0 amide bonds. The van der Waals surface area contributed by atoms with Crippen LogP contribution >= 0.6 is 0 Å². The maximum Gasteiger partial charge on any atom is 0.312 e. The van der Waals surface area contributed by atoms with Gasteiger partial charge in [0.15, 0.2) is 5.75 Å². The number of hydrogen-bond acceptors (Lipinski definition) is 5. The molecule has 0 fully saturated rings. The molecule has 0 radical (unpaired) electrons. The third kappa shape index (κ3) is 3.67. The SMILES string of the molecule is CC(NS(=O)(=O)c1ccc(O)c([N+](=O)[O-])c1)C(C)(C)C. The van der Waals surface area contributed by atoms with Crippen LogP contribution in [0.5, 0.6) is 5.75 Å². The van der Waals surface area contributed by atoms with Crippen molar-refractivity contribution in [3.8, 4) is 5.75 Å². The highest BCUT2D eigenvalue weighted by molar-refractivity contribution is 7.89. The van der Waals surface area contributed by atoms with Crippen LogP contribution in [0.1, 0.15) is 27.7 Å². The Bertz CT molecular complexity index is 619. The van der Waals surface area contributed by atoms with Crippen LogP contribution < -0.4 is 4.72 Å². The Morgan fingerprint density at radius 2 is 1.90 bits per heavy atom. The third-order valence-electron chi connectivity index (χ3n) is 3.08. The average Bonchev–Trinajstić information content (AvgIpc) is 2.26. The first-order valence-electron chi connectivity index (χ1n) is 5.95. The number of nitro benzene ring substituents is 1. The zero-order valence-corrected chi connectivity index (χ0v) is 12.6. The Labute approximate surface area is 117 Å². The Kier molecular flexibility index (Phi) is 4.40. The van der Waals surface area contributed by atoms with Gasteiger partial charge in [-0.25, -0.2) is 13.1 Å². The lowest BCUT2D eigenvalue weighted by Gasteiger charge is -2.27. The molecule has 2 N–H and O–H groups in total. The van der Waals surface area contributed by atoms with Crippen LogP contribution in [-0.2, 0) is 10.0 Å². The number of aromatic hydroxyl groups is 1. The number of phenolic OH excluding ortho intramolecular Hbond substituents is 1. The van der Waals surface area contributed by atoms with Crippen molar-refractivity contribution in [2.45, 2.75) is 38.6 Å². The molecule has 0 aromatic heterocycles. The summed E-state index contributed by atoms with van der Waals surface area (Å²) in [4.78, 5) is 9.63. The van der Waals surface area contributed by atoms with E-state index < -0.39 is 26.4 Å². The van der Waals surface area contributed by atoms with Gasteiger partial charge in [0.05, 0.1) is 9.82 Å². The molecule has 0 heterocycles. The largest absolute Gasteiger partial charge is 0.502 e. The molecule has 0 saturated carbocycles. The highest BCUT2D eigenvalue weighted by Crippen LogP contribution is 2.29. The molecule has 0 aliphatic heterocycles. The first-order valence-corrected chi connectivity index (χ1v) is 7.43. The quantitative estimate of drug-likeness (QED) is 0.653. The molecule has 7 nitrogen and oxygen atoms in total.